The molecule has 2 N–H and O–H groups in total. The third kappa shape index (κ3) is 4.16. The van der Waals surface area contributed by atoms with Crippen LogP contribution < -0.4 is 10.0 Å². The molecular formula is C13H21N3O3S. The Morgan fingerprint density at radius 1 is 1.45 bits per heavy atom. The molecule has 0 saturated carbocycles. The minimum atomic E-state index is -3.52. The molecule has 1 saturated heterocycles. The highest BCUT2D eigenvalue weighted by Crippen LogP contribution is 2.14. The largest absolute Gasteiger partial charge is 0.380 e. The Morgan fingerprint density at radius 3 is 2.90 bits per heavy atom. The predicted octanol–water partition coefficient (Wildman–Crippen LogP) is 1.36. The summed E-state index contributed by atoms with van der Waals surface area (Å²) in [5.41, 5.74) is 0. The van der Waals surface area contributed by atoms with E-state index in [0.29, 0.717) is 19.0 Å². The number of hydrogen-bond donors (Lipinski definition) is 2. The Labute approximate surface area is 120 Å². The second kappa shape index (κ2) is 7.01. The minimum absolute atomic E-state index is 0.147. The molecule has 0 amide bonds. The molecule has 6 nitrogen and oxygen atoms in total. The van der Waals surface area contributed by atoms with Gasteiger partial charge in [0, 0.05) is 25.4 Å². The summed E-state index contributed by atoms with van der Waals surface area (Å²) in [6.45, 7) is 4.01. The lowest BCUT2D eigenvalue weighted by molar-refractivity contribution is 0.0774. The van der Waals surface area contributed by atoms with Gasteiger partial charge in [-0.2, -0.15) is 0 Å². The van der Waals surface area contributed by atoms with Gasteiger partial charge in [0.05, 0.1) is 6.61 Å². The number of nitrogens with one attached hydrogen (secondary N) is 2. The molecule has 0 spiro atoms. The quantitative estimate of drug-likeness (QED) is 0.829. The van der Waals surface area contributed by atoms with Crippen molar-refractivity contribution >= 4 is 15.8 Å². The molecule has 1 aromatic heterocycles. The van der Waals surface area contributed by atoms with E-state index in [0.717, 1.165) is 25.8 Å². The first-order chi connectivity index (χ1) is 9.62. The normalized spacial score (nSPS) is 19.8. The van der Waals surface area contributed by atoms with Crippen molar-refractivity contribution in [1.29, 1.82) is 0 Å². The number of hydrogen-bond acceptors (Lipinski definition) is 5. The molecule has 2 heterocycles. The van der Waals surface area contributed by atoms with Gasteiger partial charge in [-0.25, -0.2) is 18.1 Å². The monoisotopic (exact) mass is 299 g/mol. The fraction of sp³-hybridized carbons (Fsp3) is 0.615. The molecule has 0 radical (unpaired) electrons. The molecule has 1 aliphatic rings. The Morgan fingerprint density at radius 2 is 2.30 bits per heavy atom. The van der Waals surface area contributed by atoms with Crippen LogP contribution in [0.5, 0.6) is 0 Å². The van der Waals surface area contributed by atoms with E-state index >= 15 is 0 Å². The summed E-state index contributed by atoms with van der Waals surface area (Å²) >= 11 is 0. The Hall–Kier alpha value is -1.18. The van der Waals surface area contributed by atoms with Gasteiger partial charge in [0.2, 0.25) is 10.0 Å². The highest BCUT2D eigenvalue weighted by Gasteiger charge is 2.22. The van der Waals surface area contributed by atoms with E-state index < -0.39 is 10.0 Å². The van der Waals surface area contributed by atoms with Crippen LogP contribution in [0.2, 0.25) is 0 Å². The molecule has 1 fully saturated rings. The SMILES string of the molecule is CCCNc1ccc(S(=O)(=O)NC2CCCOC2)cn1. The zero-order valence-electron chi connectivity index (χ0n) is 11.6. The molecule has 1 aliphatic heterocycles. The van der Waals surface area contributed by atoms with Gasteiger partial charge in [0.25, 0.3) is 0 Å². The van der Waals surface area contributed by atoms with E-state index in [1.165, 1.54) is 6.20 Å². The lowest BCUT2D eigenvalue weighted by Crippen LogP contribution is -2.40. The van der Waals surface area contributed by atoms with E-state index in [-0.39, 0.29) is 10.9 Å². The predicted molar refractivity (Wildman–Crippen MR) is 77.2 cm³/mol. The minimum Gasteiger partial charge on any atom is -0.380 e. The summed E-state index contributed by atoms with van der Waals surface area (Å²) in [4.78, 5) is 4.30. The summed E-state index contributed by atoms with van der Waals surface area (Å²) in [6.07, 6.45) is 4.06. The smallest absolute Gasteiger partial charge is 0.242 e. The molecule has 1 atom stereocenters. The van der Waals surface area contributed by atoms with Gasteiger partial charge < -0.3 is 10.1 Å². The average Bonchev–Trinajstić information content (AvgIpc) is 2.46. The third-order valence-corrected chi connectivity index (χ3v) is 4.59. The number of pyridine rings is 1. The van der Waals surface area contributed by atoms with Crippen molar-refractivity contribution in [2.24, 2.45) is 0 Å². The first kappa shape index (κ1) is 15.2. The summed E-state index contributed by atoms with van der Waals surface area (Å²) in [5, 5.41) is 3.11. The van der Waals surface area contributed by atoms with E-state index in [4.69, 9.17) is 4.74 Å². The zero-order chi connectivity index (χ0) is 14.4. The van der Waals surface area contributed by atoms with Crippen LogP contribution in [-0.2, 0) is 14.8 Å². The van der Waals surface area contributed by atoms with Gasteiger partial charge in [0.1, 0.15) is 10.7 Å². The van der Waals surface area contributed by atoms with Crippen molar-refractivity contribution in [3.63, 3.8) is 0 Å². The maximum absolute atomic E-state index is 12.2. The van der Waals surface area contributed by atoms with E-state index in [9.17, 15) is 8.42 Å². The van der Waals surface area contributed by atoms with Crippen LogP contribution in [0.25, 0.3) is 0 Å². The highest BCUT2D eigenvalue weighted by atomic mass is 32.2. The van der Waals surface area contributed by atoms with Gasteiger partial charge in [-0.3, -0.25) is 0 Å². The van der Waals surface area contributed by atoms with Crippen LogP contribution >= 0.6 is 0 Å². The fourth-order valence-corrected chi connectivity index (χ4v) is 3.22. The van der Waals surface area contributed by atoms with Crippen molar-refractivity contribution < 1.29 is 13.2 Å². The second-order valence-electron chi connectivity index (χ2n) is 4.84. The van der Waals surface area contributed by atoms with Crippen LogP contribution in [0, 0.1) is 0 Å². The number of nitrogens with zero attached hydrogens (tertiary/aromatic N) is 1. The molecule has 0 bridgehead atoms. The van der Waals surface area contributed by atoms with Crippen LogP contribution in [0.4, 0.5) is 5.82 Å². The Kier molecular flexibility index (Phi) is 5.33. The van der Waals surface area contributed by atoms with Gasteiger partial charge in [-0.1, -0.05) is 6.92 Å². The van der Waals surface area contributed by atoms with Gasteiger partial charge in [-0.15, -0.1) is 0 Å². The van der Waals surface area contributed by atoms with Gasteiger partial charge in [0.15, 0.2) is 0 Å². The Bertz CT molecular complexity index is 510. The number of anilines is 1. The summed E-state index contributed by atoms with van der Waals surface area (Å²) in [7, 11) is -3.52. The van der Waals surface area contributed by atoms with Gasteiger partial charge in [-0.05, 0) is 31.4 Å². The summed E-state index contributed by atoms with van der Waals surface area (Å²) in [5.74, 6) is 0.687. The highest BCUT2D eigenvalue weighted by molar-refractivity contribution is 7.89. The molecular weight excluding hydrogens is 278 g/mol. The van der Waals surface area contributed by atoms with Crippen molar-refractivity contribution in [2.45, 2.75) is 37.1 Å². The van der Waals surface area contributed by atoms with E-state index in [1.807, 2.05) is 0 Å². The summed E-state index contributed by atoms with van der Waals surface area (Å²) in [6, 6.07) is 3.10. The molecule has 1 unspecified atom stereocenters. The molecule has 0 aromatic carbocycles. The maximum atomic E-state index is 12.2. The number of rotatable bonds is 6. The number of sulfonamides is 1. The first-order valence-corrected chi connectivity index (χ1v) is 8.40. The molecule has 2 rings (SSSR count). The fourth-order valence-electron chi connectivity index (χ4n) is 2.02. The van der Waals surface area contributed by atoms with Crippen LogP contribution in [-0.4, -0.2) is 39.2 Å². The van der Waals surface area contributed by atoms with Gasteiger partial charge >= 0.3 is 0 Å². The number of ether oxygens (including phenoxy) is 1. The van der Waals surface area contributed by atoms with Crippen molar-refractivity contribution in [3.05, 3.63) is 18.3 Å². The lowest BCUT2D eigenvalue weighted by Gasteiger charge is -2.22. The molecule has 20 heavy (non-hydrogen) atoms. The van der Waals surface area contributed by atoms with Crippen molar-refractivity contribution in [1.82, 2.24) is 9.71 Å². The molecule has 1 aromatic rings. The van der Waals surface area contributed by atoms with Crippen molar-refractivity contribution in [2.75, 3.05) is 25.1 Å². The van der Waals surface area contributed by atoms with Crippen LogP contribution in [0.15, 0.2) is 23.2 Å². The van der Waals surface area contributed by atoms with E-state index in [2.05, 4.69) is 21.9 Å². The Balaban J connectivity index is 2.01. The number of aromatic nitrogens is 1. The maximum Gasteiger partial charge on any atom is 0.242 e. The third-order valence-electron chi connectivity index (χ3n) is 3.08. The standard InChI is InChI=1S/C13H21N3O3S/c1-2-7-14-13-6-5-12(9-15-13)20(17,18)16-11-4-3-8-19-10-11/h5-6,9,11,16H,2-4,7-8,10H2,1H3,(H,14,15). The van der Waals surface area contributed by atoms with Crippen molar-refractivity contribution in [3.8, 4) is 0 Å². The molecule has 7 heteroatoms. The second-order valence-corrected chi connectivity index (χ2v) is 6.56. The topological polar surface area (TPSA) is 80.3 Å². The first-order valence-electron chi connectivity index (χ1n) is 6.92. The van der Waals surface area contributed by atoms with Crippen LogP contribution in [0.1, 0.15) is 26.2 Å². The summed E-state index contributed by atoms with van der Waals surface area (Å²) < 4.78 is 32.3. The molecule has 0 aliphatic carbocycles. The average molecular weight is 299 g/mol. The van der Waals surface area contributed by atoms with E-state index in [1.54, 1.807) is 12.1 Å². The lowest BCUT2D eigenvalue weighted by atomic mass is 10.1. The van der Waals surface area contributed by atoms with Crippen LogP contribution in [0.3, 0.4) is 0 Å². The molecule has 112 valence electrons. The zero-order valence-corrected chi connectivity index (χ0v) is 12.4.